The van der Waals surface area contributed by atoms with Crippen molar-refractivity contribution in [1.82, 2.24) is 10.3 Å². The number of aliphatic hydroxyl groups is 1. The highest BCUT2D eigenvalue weighted by molar-refractivity contribution is 8.00. The van der Waals surface area contributed by atoms with E-state index in [4.69, 9.17) is 5.11 Å². The van der Waals surface area contributed by atoms with Gasteiger partial charge in [-0.25, -0.2) is 0 Å². The number of carbonyl (C=O) groups is 1. The Morgan fingerprint density at radius 2 is 1.95 bits per heavy atom. The minimum atomic E-state index is -0.0128. The van der Waals surface area contributed by atoms with Crippen molar-refractivity contribution in [3.63, 3.8) is 0 Å². The van der Waals surface area contributed by atoms with Crippen molar-refractivity contribution >= 4 is 17.7 Å². The minimum absolute atomic E-state index is 0.0128. The van der Waals surface area contributed by atoms with Crippen LogP contribution < -0.4 is 5.32 Å². The summed E-state index contributed by atoms with van der Waals surface area (Å²) in [5.41, 5.74) is 1.83. The summed E-state index contributed by atoms with van der Waals surface area (Å²) >= 11 is 1.48. The van der Waals surface area contributed by atoms with Crippen molar-refractivity contribution in [2.24, 2.45) is 0 Å². The fraction of sp³-hybridized carbons (Fsp3) is 0.200. The molecule has 0 fully saturated rings. The number of hydrogen-bond donors (Lipinski definition) is 2. The molecular formula is C15H16N2O2S. The molecule has 1 aromatic heterocycles. The molecule has 2 N–H and O–H groups in total. The summed E-state index contributed by atoms with van der Waals surface area (Å²) in [6.45, 7) is 0.489. The van der Waals surface area contributed by atoms with Crippen LogP contribution in [0, 0.1) is 0 Å². The Hall–Kier alpha value is -1.85. The number of amides is 1. The first-order valence-corrected chi connectivity index (χ1v) is 7.24. The summed E-state index contributed by atoms with van der Waals surface area (Å²) in [7, 11) is 0. The predicted octanol–water partition coefficient (Wildman–Crippen LogP) is 1.98. The summed E-state index contributed by atoms with van der Waals surface area (Å²) in [6.07, 6.45) is 3.42. The number of aliphatic hydroxyl groups excluding tert-OH is 1. The molecule has 1 amide bonds. The second kappa shape index (κ2) is 7.67. The van der Waals surface area contributed by atoms with Gasteiger partial charge in [0.05, 0.1) is 12.4 Å². The minimum Gasteiger partial charge on any atom is -0.392 e. The van der Waals surface area contributed by atoms with Gasteiger partial charge in [-0.1, -0.05) is 24.3 Å². The molecule has 20 heavy (non-hydrogen) atoms. The molecule has 1 aromatic carbocycles. The topological polar surface area (TPSA) is 62.2 Å². The molecule has 5 heteroatoms. The maximum Gasteiger partial charge on any atom is 0.230 e. The summed E-state index contributed by atoms with van der Waals surface area (Å²) in [4.78, 5) is 16.7. The van der Waals surface area contributed by atoms with Crippen LogP contribution in [0.4, 0.5) is 0 Å². The van der Waals surface area contributed by atoms with E-state index >= 15 is 0 Å². The standard InChI is InChI=1S/C15H16N2O2S/c18-10-13-3-1-2-12(8-13)9-17-15(19)11-20-14-4-6-16-7-5-14/h1-8,18H,9-11H2,(H,17,19). The maximum absolute atomic E-state index is 11.7. The number of thioether (sulfide) groups is 1. The molecule has 1 heterocycles. The molecule has 2 aromatic rings. The van der Waals surface area contributed by atoms with Crippen molar-refractivity contribution in [1.29, 1.82) is 0 Å². The second-order valence-electron chi connectivity index (χ2n) is 4.23. The van der Waals surface area contributed by atoms with Crippen LogP contribution in [0.3, 0.4) is 0 Å². The van der Waals surface area contributed by atoms with Crippen LogP contribution in [0.2, 0.25) is 0 Å². The first-order chi connectivity index (χ1) is 9.78. The van der Waals surface area contributed by atoms with E-state index in [2.05, 4.69) is 10.3 Å². The molecular weight excluding hydrogens is 272 g/mol. The Kier molecular flexibility index (Phi) is 5.58. The van der Waals surface area contributed by atoms with Gasteiger partial charge in [-0.2, -0.15) is 0 Å². The lowest BCUT2D eigenvalue weighted by Crippen LogP contribution is -2.24. The largest absolute Gasteiger partial charge is 0.392 e. The van der Waals surface area contributed by atoms with Gasteiger partial charge in [0.15, 0.2) is 0 Å². The van der Waals surface area contributed by atoms with Gasteiger partial charge in [0.2, 0.25) is 5.91 Å². The number of pyridine rings is 1. The third kappa shape index (κ3) is 4.68. The van der Waals surface area contributed by atoms with Gasteiger partial charge in [0.25, 0.3) is 0 Å². The fourth-order valence-electron chi connectivity index (χ4n) is 1.67. The van der Waals surface area contributed by atoms with E-state index in [0.29, 0.717) is 12.3 Å². The molecule has 0 aliphatic heterocycles. The summed E-state index contributed by atoms with van der Waals surface area (Å²) < 4.78 is 0. The van der Waals surface area contributed by atoms with Crippen molar-refractivity contribution in [3.05, 3.63) is 59.9 Å². The fourth-order valence-corrected chi connectivity index (χ4v) is 2.39. The van der Waals surface area contributed by atoms with E-state index in [0.717, 1.165) is 16.0 Å². The lowest BCUT2D eigenvalue weighted by atomic mass is 10.1. The predicted molar refractivity (Wildman–Crippen MR) is 79.2 cm³/mol. The van der Waals surface area contributed by atoms with Crippen LogP contribution in [0.5, 0.6) is 0 Å². The molecule has 0 atom stereocenters. The average Bonchev–Trinajstić information content (AvgIpc) is 2.52. The monoisotopic (exact) mass is 288 g/mol. The molecule has 0 aliphatic rings. The Morgan fingerprint density at radius 1 is 1.20 bits per heavy atom. The first kappa shape index (κ1) is 14.6. The Labute approximate surface area is 122 Å². The van der Waals surface area contributed by atoms with E-state index < -0.39 is 0 Å². The van der Waals surface area contributed by atoms with Crippen molar-refractivity contribution in [2.75, 3.05) is 5.75 Å². The summed E-state index contributed by atoms with van der Waals surface area (Å²) in [5, 5.41) is 11.9. The highest BCUT2D eigenvalue weighted by Crippen LogP contribution is 2.15. The lowest BCUT2D eigenvalue weighted by Gasteiger charge is -2.06. The quantitative estimate of drug-likeness (QED) is 0.798. The normalized spacial score (nSPS) is 10.2. The molecule has 0 bridgehead atoms. The van der Waals surface area contributed by atoms with Crippen LogP contribution in [0.1, 0.15) is 11.1 Å². The molecule has 104 valence electrons. The molecule has 2 rings (SSSR count). The Balaban J connectivity index is 1.77. The molecule has 0 saturated heterocycles. The van der Waals surface area contributed by atoms with E-state index in [1.165, 1.54) is 11.8 Å². The molecule has 0 saturated carbocycles. The van der Waals surface area contributed by atoms with Gasteiger partial charge in [0, 0.05) is 23.8 Å². The summed E-state index contributed by atoms with van der Waals surface area (Å²) in [5.74, 6) is 0.366. The third-order valence-corrected chi connectivity index (χ3v) is 3.70. The maximum atomic E-state index is 11.7. The number of carbonyl (C=O) groups excluding carboxylic acids is 1. The van der Waals surface area contributed by atoms with E-state index in [9.17, 15) is 4.79 Å². The summed E-state index contributed by atoms with van der Waals surface area (Å²) in [6, 6.07) is 11.3. The zero-order valence-corrected chi connectivity index (χ0v) is 11.8. The molecule has 4 nitrogen and oxygen atoms in total. The van der Waals surface area contributed by atoms with Crippen molar-refractivity contribution in [2.45, 2.75) is 18.0 Å². The number of nitrogens with one attached hydrogen (secondary N) is 1. The molecule has 0 radical (unpaired) electrons. The molecule has 0 aliphatic carbocycles. The molecule has 0 unspecified atom stereocenters. The van der Waals surface area contributed by atoms with Gasteiger partial charge >= 0.3 is 0 Å². The van der Waals surface area contributed by atoms with Crippen molar-refractivity contribution in [3.8, 4) is 0 Å². The number of benzene rings is 1. The molecule has 0 spiro atoms. The SMILES string of the molecule is O=C(CSc1ccncc1)NCc1cccc(CO)c1. The number of aromatic nitrogens is 1. The third-order valence-electron chi connectivity index (χ3n) is 2.68. The van der Waals surface area contributed by atoms with E-state index in [1.807, 2.05) is 36.4 Å². The van der Waals surface area contributed by atoms with Crippen molar-refractivity contribution < 1.29 is 9.90 Å². The van der Waals surface area contributed by atoms with Gasteiger partial charge in [0.1, 0.15) is 0 Å². The van der Waals surface area contributed by atoms with Crippen LogP contribution >= 0.6 is 11.8 Å². The number of hydrogen-bond acceptors (Lipinski definition) is 4. The Bertz CT molecular complexity index is 561. The van der Waals surface area contributed by atoms with E-state index in [1.54, 1.807) is 12.4 Å². The Morgan fingerprint density at radius 3 is 2.70 bits per heavy atom. The number of rotatable bonds is 6. The average molecular weight is 288 g/mol. The zero-order valence-electron chi connectivity index (χ0n) is 11.0. The van der Waals surface area contributed by atoms with Crippen LogP contribution in [0.15, 0.2) is 53.7 Å². The smallest absolute Gasteiger partial charge is 0.230 e. The number of nitrogens with zero attached hydrogens (tertiary/aromatic N) is 1. The van der Waals surface area contributed by atoms with Gasteiger partial charge in [-0.15, -0.1) is 11.8 Å². The highest BCUT2D eigenvalue weighted by atomic mass is 32.2. The lowest BCUT2D eigenvalue weighted by molar-refractivity contribution is -0.118. The van der Waals surface area contributed by atoms with Crippen LogP contribution in [-0.2, 0) is 17.9 Å². The van der Waals surface area contributed by atoms with Crippen LogP contribution in [0.25, 0.3) is 0 Å². The van der Waals surface area contributed by atoms with Gasteiger partial charge in [-0.3, -0.25) is 9.78 Å². The van der Waals surface area contributed by atoms with E-state index in [-0.39, 0.29) is 12.5 Å². The second-order valence-corrected chi connectivity index (χ2v) is 5.28. The zero-order chi connectivity index (χ0) is 14.2. The van der Waals surface area contributed by atoms with Crippen LogP contribution in [-0.4, -0.2) is 21.8 Å². The highest BCUT2D eigenvalue weighted by Gasteiger charge is 2.03. The van der Waals surface area contributed by atoms with Gasteiger partial charge < -0.3 is 10.4 Å². The first-order valence-electron chi connectivity index (χ1n) is 6.26. The van der Waals surface area contributed by atoms with Gasteiger partial charge in [-0.05, 0) is 23.3 Å².